The number of amides is 3. The van der Waals surface area contributed by atoms with Gasteiger partial charge in [0.15, 0.2) is 0 Å². The topological polar surface area (TPSA) is 105 Å². The third-order valence-electron chi connectivity index (χ3n) is 2.64. The first kappa shape index (κ1) is 16.2. The molecule has 3 amide bonds. The molecule has 1 aromatic rings. The minimum atomic E-state index is -0.647. The van der Waals surface area contributed by atoms with Gasteiger partial charge >= 0.3 is 6.03 Å². The molecule has 1 unspecified atom stereocenters. The van der Waals surface area contributed by atoms with Crippen molar-refractivity contribution in [3.8, 4) is 0 Å². The molecular formula is C12H17ClN4O3. The minimum absolute atomic E-state index is 0. The number of nitrogens with one attached hydrogen (secondary N) is 3. The molecule has 7 nitrogen and oxygen atoms in total. The summed E-state index contributed by atoms with van der Waals surface area (Å²) >= 11 is 0. The second-order valence-corrected chi connectivity index (χ2v) is 4.14. The number of anilines is 2. The molecule has 0 saturated carbocycles. The van der Waals surface area contributed by atoms with E-state index in [2.05, 4.69) is 16.0 Å². The summed E-state index contributed by atoms with van der Waals surface area (Å²) in [5.41, 5.74) is 6.14. The van der Waals surface area contributed by atoms with Gasteiger partial charge in [0, 0.05) is 17.9 Å². The van der Waals surface area contributed by atoms with Gasteiger partial charge in [-0.15, -0.1) is 12.4 Å². The number of ether oxygens (including phenoxy) is 1. The smallest absolute Gasteiger partial charge is 0.316 e. The van der Waals surface area contributed by atoms with Crippen molar-refractivity contribution in [3.63, 3.8) is 0 Å². The zero-order valence-corrected chi connectivity index (χ0v) is 11.5. The van der Waals surface area contributed by atoms with Crippen LogP contribution >= 0.6 is 12.4 Å². The lowest BCUT2D eigenvalue weighted by Crippen LogP contribution is -2.48. The van der Waals surface area contributed by atoms with Crippen LogP contribution in [0.15, 0.2) is 24.3 Å². The van der Waals surface area contributed by atoms with E-state index in [0.717, 1.165) is 0 Å². The van der Waals surface area contributed by atoms with E-state index < -0.39 is 6.03 Å². The minimum Gasteiger partial charge on any atom is -0.378 e. The summed E-state index contributed by atoms with van der Waals surface area (Å²) in [7, 11) is 0. The summed E-state index contributed by atoms with van der Waals surface area (Å²) in [6.45, 7) is 1.62. The Morgan fingerprint density at radius 3 is 2.60 bits per heavy atom. The molecule has 1 heterocycles. The first-order chi connectivity index (χ1) is 9.15. The van der Waals surface area contributed by atoms with E-state index in [9.17, 15) is 9.59 Å². The predicted octanol–water partition coefficient (Wildman–Crippen LogP) is 0.526. The molecule has 1 atom stereocenters. The van der Waals surface area contributed by atoms with Crippen LogP contribution in [0.1, 0.15) is 0 Å². The van der Waals surface area contributed by atoms with Crippen molar-refractivity contribution in [2.45, 2.75) is 6.04 Å². The van der Waals surface area contributed by atoms with Crippen molar-refractivity contribution in [1.29, 1.82) is 0 Å². The number of carbonyl (C=O) groups excluding carboxylic acids is 2. The zero-order chi connectivity index (χ0) is 13.7. The largest absolute Gasteiger partial charge is 0.378 e. The number of rotatable bonds is 3. The van der Waals surface area contributed by atoms with Crippen molar-refractivity contribution < 1.29 is 14.3 Å². The molecule has 1 aliphatic rings. The highest BCUT2D eigenvalue weighted by atomic mass is 35.5. The van der Waals surface area contributed by atoms with Crippen LogP contribution in [-0.2, 0) is 9.53 Å². The molecule has 1 fully saturated rings. The predicted molar refractivity (Wildman–Crippen MR) is 78.1 cm³/mol. The van der Waals surface area contributed by atoms with E-state index in [0.29, 0.717) is 31.1 Å². The Morgan fingerprint density at radius 1 is 1.30 bits per heavy atom. The van der Waals surface area contributed by atoms with E-state index in [1.165, 1.54) is 0 Å². The summed E-state index contributed by atoms with van der Waals surface area (Å²) in [6.07, 6.45) is 0. The van der Waals surface area contributed by atoms with Gasteiger partial charge in [-0.3, -0.25) is 4.79 Å². The zero-order valence-electron chi connectivity index (χ0n) is 10.7. The number of hydrogen-bond donors (Lipinski definition) is 4. The number of benzene rings is 1. The lowest BCUT2D eigenvalue weighted by Gasteiger charge is -2.22. The molecule has 1 aliphatic heterocycles. The van der Waals surface area contributed by atoms with Crippen LogP contribution in [0.3, 0.4) is 0 Å². The van der Waals surface area contributed by atoms with Gasteiger partial charge in [-0.2, -0.15) is 0 Å². The van der Waals surface area contributed by atoms with Gasteiger partial charge in [-0.25, -0.2) is 4.79 Å². The SMILES string of the molecule is Cl.NC(=O)Nc1cccc(NC(=O)C2COCCN2)c1. The molecule has 110 valence electrons. The van der Waals surface area contributed by atoms with Gasteiger partial charge in [0.1, 0.15) is 6.04 Å². The van der Waals surface area contributed by atoms with Crippen molar-refractivity contribution in [2.24, 2.45) is 5.73 Å². The maximum Gasteiger partial charge on any atom is 0.316 e. The van der Waals surface area contributed by atoms with Gasteiger partial charge in [0.25, 0.3) is 0 Å². The average Bonchev–Trinajstić information content (AvgIpc) is 2.39. The lowest BCUT2D eigenvalue weighted by molar-refractivity contribution is -0.120. The molecule has 0 radical (unpaired) electrons. The molecule has 1 saturated heterocycles. The molecule has 20 heavy (non-hydrogen) atoms. The van der Waals surface area contributed by atoms with Crippen LogP contribution in [0, 0.1) is 0 Å². The average molecular weight is 301 g/mol. The quantitative estimate of drug-likeness (QED) is 0.653. The van der Waals surface area contributed by atoms with E-state index in [-0.39, 0.29) is 24.4 Å². The second-order valence-electron chi connectivity index (χ2n) is 4.14. The fourth-order valence-electron chi connectivity index (χ4n) is 1.78. The van der Waals surface area contributed by atoms with Crippen molar-refractivity contribution in [1.82, 2.24) is 5.32 Å². The molecule has 5 N–H and O–H groups in total. The van der Waals surface area contributed by atoms with Crippen LogP contribution in [0.4, 0.5) is 16.2 Å². The summed E-state index contributed by atoms with van der Waals surface area (Å²) in [5.74, 6) is -0.170. The molecule has 2 rings (SSSR count). The number of urea groups is 1. The van der Waals surface area contributed by atoms with Crippen molar-refractivity contribution in [2.75, 3.05) is 30.4 Å². The number of primary amides is 1. The fraction of sp³-hybridized carbons (Fsp3) is 0.333. The third-order valence-corrected chi connectivity index (χ3v) is 2.64. The molecule has 0 aromatic heterocycles. The molecule has 0 bridgehead atoms. The maximum atomic E-state index is 11.9. The Bertz CT molecular complexity index is 478. The normalized spacial score (nSPS) is 17.7. The molecule has 0 spiro atoms. The standard InChI is InChI=1S/C12H16N4O3.ClH/c13-12(18)16-9-3-1-2-8(6-9)15-11(17)10-7-19-5-4-14-10;/h1-3,6,10,14H,4-5,7H2,(H,15,17)(H3,13,16,18);1H. The Kier molecular flexibility index (Phi) is 6.23. The Morgan fingerprint density at radius 2 is 2.00 bits per heavy atom. The Labute approximate surface area is 122 Å². The van der Waals surface area contributed by atoms with E-state index in [1.807, 2.05) is 0 Å². The fourth-order valence-corrected chi connectivity index (χ4v) is 1.78. The highest BCUT2D eigenvalue weighted by Crippen LogP contribution is 2.15. The third kappa shape index (κ3) is 4.69. The summed E-state index contributed by atoms with van der Waals surface area (Å²) < 4.78 is 5.22. The van der Waals surface area contributed by atoms with Crippen molar-refractivity contribution in [3.05, 3.63) is 24.3 Å². The molecule has 0 aliphatic carbocycles. The molecular weight excluding hydrogens is 284 g/mol. The van der Waals surface area contributed by atoms with Crippen molar-refractivity contribution >= 4 is 35.7 Å². The van der Waals surface area contributed by atoms with Crippen LogP contribution < -0.4 is 21.7 Å². The second kappa shape index (κ2) is 7.68. The maximum absolute atomic E-state index is 11.9. The van der Waals surface area contributed by atoms with E-state index in [4.69, 9.17) is 10.5 Å². The molecule has 1 aromatic carbocycles. The summed E-state index contributed by atoms with van der Waals surface area (Å²) in [4.78, 5) is 22.7. The van der Waals surface area contributed by atoms with Crippen LogP contribution in [0.5, 0.6) is 0 Å². The van der Waals surface area contributed by atoms with Gasteiger partial charge in [-0.05, 0) is 18.2 Å². The first-order valence-corrected chi connectivity index (χ1v) is 5.93. The lowest BCUT2D eigenvalue weighted by atomic mass is 10.2. The monoisotopic (exact) mass is 300 g/mol. The highest BCUT2D eigenvalue weighted by molar-refractivity contribution is 5.96. The van der Waals surface area contributed by atoms with Gasteiger partial charge in [-0.1, -0.05) is 6.07 Å². The van der Waals surface area contributed by atoms with Gasteiger partial charge in [0.05, 0.1) is 13.2 Å². The number of halogens is 1. The Balaban J connectivity index is 0.00000200. The Hall–Kier alpha value is -1.83. The van der Waals surface area contributed by atoms with E-state index >= 15 is 0 Å². The number of hydrogen-bond acceptors (Lipinski definition) is 4. The van der Waals surface area contributed by atoms with Crippen LogP contribution in [0.2, 0.25) is 0 Å². The van der Waals surface area contributed by atoms with Gasteiger partial charge < -0.3 is 26.4 Å². The van der Waals surface area contributed by atoms with Crippen LogP contribution in [0.25, 0.3) is 0 Å². The highest BCUT2D eigenvalue weighted by Gasteiger charge is 2.21. The summed E-state index contributed by atoms with van der Waals surface area (Å²) in [5, 5.41) is 8.26. The number of carbonyl (C=O) groups is 2. The summed E-state index contributed by atoms with van der Waals surface area (Å²) in [6, 6.07) is 5.75. The first-order valence-electron chi connectivity index (χ1n) is 5.93. The molecule has 8 heteroatoms. The van der Waals surface area contributed by atoms with Gasteiger partial charge in [0.2, 0.25) is 5.91 Å². The number of nitrogens with two attached hydrogens (primary N) is 1. The number of morpholine rings is 1. The van der Waals surface area contributed by atoms with E-state index in [1.54, 1.807) is 24.3 Å². The van der Waals surface area contributed by atoms with Crippen LogP contribution in [-0.4, -0.2) is 37.7 Å².